The number of aryl methyl sites for hydroxylation is 1. The summed E-state index contributed by atoms with van der Waals surface area (Å²) >= 11 is 0. The molecule has 1 N–H and O–H groups in total. The number of rotatable bonds is 4. The van der Waals surface area contributed by atoms with Crippen molar-refractivity contribution in [2.45, 2.75) is 38.5 Å². The SMILES string of the molecule is O=C(CCc1c(-c2ccc(F)cc2)[nH]c2ccc(F)cc12)N1CCCCCC1. The fourth-order valence-electron chi connectivity index (χ4n) is 4.05. The normalized spacial score (nSPS) is 15.0. The highest BCUT2D eigenvalue weighted by molar-refractivity contribution is 5.91. The van der Waals surface area contributed by atoms with Crippen molar-refractivity contribution in [2.24, 2.45) is 0 Å². The van der Waals surface area contributed by atoms with Gasteiger partial charge in [0, 0.05) is 36.1 Å². The molecule has 28 heavy (non-hydrogen) atoms. The summed E-state index contributed by atoms with van der Waals surface area (Å²) in [6, 6.07) is 10.9. The number of H-pyrrole nitrogens is 1. The predicted octanol–water partition coefficient (Wildman–Crippen LogP) is 5.45. The Morgan fingerprint density at radius 3 is 2.32 bits per heavy atom. The molecule has 1 aliphatic rings. The van der Waals surface area contributed by atoms with E-state index in [1.807, 2.05) is 4.90 Å². The highest BCUT2D eigenvalue weighted by atomic mass is 19.1. The van der Waals surface area contributed by atoms with Gasteiger partial charge in [-0.05, 0) is 72.9 Å². The van der Waals surface area contributed by atoms with Gasteiger partial charge in [-0.25, -0.2) is 8.78 Å². The van der Waals surface area contributed by atoms with Crippen LogP contribution in [0.2, 0.25) is 0 Å². The average molecular weight is 382 g/mol. The second-order valence-corrected chi connectivity index (χ2v) is 7.47. The molecule has 0 aliphatic carbocycles. The molecule has 1 aromatic heterocycles. The molecule has 0 spiro atoms. The van der Waals surface area contributed by atoms with Gasteiger partial charge in [0.1, 0.15) is 11.6 Å². The first-order valence-electron chi connectivity index (χ1n) is 9.95. The molecule has 5 heteroatoms. The van der Waals surface area contributed by atoms with Crippen molar-refractivity contribution in [3.8, 4) is 11.3 Å². The van der Waals surface area contributed by atoms with Gasteiger partial charge in [-0.1, -0.05) is 12.8 Å². The average Bonchev–Trinajstić information content (AvgIpc) is 2.86. The summed E-state index contributed by atoms with van der Waals surface area (Å²) in [5.74, 6) is -0.459. The van der Waals surface area contributed by atoms with Crippen LogP contribution in [0, 0.1) is 11.6 Å². The Kier molecular flexibility index (Phi) is 5.42. The molecule has 2 aromatic carbocycles. The highest BCUT2D eigenvalue weighted by Crippen LogP contribution is 2.32. The molecule has 2 heterocycles. The summed E-state index contributed by atoms with van der Waals surface area (Å²) in [4.78, 5) is 18.0. The molecule has 146 valence electrons. The van der Waals surface area contributed by atoms with E-state index in [4.69, 9.17) is 0 Å². The summed E-state index contributed by atoms with van der Waals surface area (Å²) in [5, 5.41) is 0.781. The van der Waals surface area contributed by atoms with Gasteiger partial charge in [0.2, 0.25) is 5.91 Å². The number of hydrogen-bond acceptors (Lipinski definition) is 1. The first-order valence-corrected chi connectivity index (χ1v) is 9.95. The fourth-order valence-corrected chi connectivity index (χ4v) is 4.05. The van der Waals surface area contributed by atoms with E-state index in [9.17, 15) is 13.6 Å². The Bertz CT molecular complexity index is 970. The molecule has 1 saturated heterocycles. The van der Waals surface area contributed by atoms with E-state index in [1.54, 1.807) is 18.2 Å². The third-order valence-electron chi connectivity index (χ3n) is 5.55. The molecule has 4 rings (SSSR count). The topological polar surface area (TPSA) is 36.1 Å². The van der Waals surface area contributed by atoms with Crippen LogP contribution in [0.3, 0.4) is 0 Å². The number of benzene rings is 2. The third-order valence-corrected chi connectivity index (χ3v) is 5.55. The van der Waals surface area contributed by atoms with E-state index in [0.717, 1.165) is 53.7 Å². The summed E-state index contributed by atoms with van der Waals surface area (Å²) < 4.78 is 27.2. The van der Waals surface area contributed by atoms with E-state index in [-0.39, 0.29) is 17.5 Å². The number of nitrogens with one attached hydrogen (secondary N) is 1. The monoisotopic (exact) mass is 382 g/mol. The van der Waals surface area contributed by atoms with Gasteiger partial charge in [0.15, 0.2) is 0 Å². The molecular weight excluding hydrogens is 358 g/mol. The maximum Gasteiger partial charge on any atom is 0.222 e. The molecule has 0 bridgehead atoms. The Morgan fingerprint density at radius 2 is 1.61 bits per heavy atom. The zero-order valence-electron chi connectivity index (χ0n) is 15.8. The van der Waals surface area contributed by atoms with Gasteiger partial charge >= 0.3 is 0 Å². The van der Waals surface area contributed by atoms with E-state index in [0.29, 0.717) is 12.8 Å². The number of likely N-dealkylation sites (tertiary alicyclic amines) is 1. The molecule has 1 aliphatic heterocycles. The van der Waals surface area contributed by atoms with Crippen molar-refractivity contribution in [3.63, 3.8) is 0 Å². The van der Waals surface area contributed by atoms with Crippen LogP contribution in [0.15, 0.2) is 42.5 Å². The van der Waals surface area contributed by atoms with Gasteiger partial charge < -0.3 is 9.88 Å². The number of carbonyl (C=O) groups is 1. The summed E-state index contributed by atoms with van der Waals surface area (Å²) in [6.45, 7) is 1.65. The molecule has 0 saturated carbocycles. The number of carbonyl (C=O) groups excluding carboxylic acids is 1. The van der Waals surface area contributed by atoms with Crippen LogP contribution >= 0.6 is 0 Å². The highest BCUT2D eigenvalue weighted by Gasteiger charge is 2.19. The minimum absolute atomic E-state index is 0.151. The summed E-state index contributed by atoms with van der Waals surface area (Å²) in [6.07, 6.45) is 5.39. The zero-order chi connectivity index (χ0) is 19.5. The Hall–Kier alpha value is -2.69. The minimum Gasteiger partial charge on any atom is -0.354 e. The zero-order valence-corrected chi connectivity index (χ0v) is 15.8. The Labute approximate surface area is 163 Å². The molecule has 0 radical (unpaired) electrons. The van der Waals surface area contributed by atoms with Crippen molar-refractivity contribution < 1.29 is 13.6 Å². The number of aromatic nitrogens is 1. The molecule has 3 aromatic rings. The largest absolute Gasteiger partial charge is 0.354 e. The van der Waals surface area contributed by atoms with Crippen LogP contribution in [0.4, 0.5) is 8.78 Å². The number of nitrogens with zero attached hydrogens (tertiary/aromatic N) is 1. The van der Waals surface area contributed by atoms with E-state index in [2.05, 4.69) is 4.98 Å². The van der Waals surface area contributed by atoms with Crippen LogP contribution in [-0.4, -0.2) is 28.9 Å². The van der Waals surface area contributed by atoms with Gasteiger partial charge in [-0.2, -0.15) is 0 Å². The smallest absolute Gasteiger partial charge is 0.222 e. The van der Waals surface area contributed by atoms with Gasteiger partial charge in [-0.15, -0.1) is 0 Å². The first kappa shape index (κ1) is 18.7. The Balaban J connectivity index is 1.64. The van der Waals surface area contributed by atoms with Crippen molar-refractivity contribution in [3.05, 3.63) is 59.7 Å². The van der Waals surface area contributed by atoms with Crippen LogP contribution in [0.1, 0.15) is 37.7 Å². The number of hydrogen-bond donors (Lipinski definition) is 1. The molecule has 3 nitrogen and oxygen atoms in total. The molecule has 0 atom stereocenters. The number of halogens is 2. The van der Waals surface area contributed by atoms with Crippen LogP contribution in [0.25, 0.3) is 22.2 Å². The fraction of sp³-hybridized carbons (Fsp3) is 0.348. The maximum atomic E-state index is 13.9. The van der Waals surface area contributed by atoms with Crippen molar-refractivity contribution in [1.29, 1.82) is 0 Å². The molecule has 1 fully saturated rings. The van der Waals surface area contributed by atoms with Crippen LogP contribution < -0.4 is 0 Å². The quantitative estimate of drug-likeness (QED) is 0.640. The minimum atomic E-state index is -0.308. The maximum absolute atomic E-state index is 13.9. The third kappa shape index (κ3) is 3.93. The Morgan fingerprint density at radius 1 is 0.929 bits per heavy atom. The van der Waals surface area contributed by atoms with Gasteiger partial charge in [0.05, 0.1) is 0 Å². The second kappa shape index (κ2) is 8.13. The van der Waals surface area contributed by atoms with Gasteiger partial charge in [-0.3, -0.25) is 4.79 Å². The van der Waals surface area contributed by atoms with Crippen molar-refractivity contribution >= 4 is 16.8 Å². The van der Waals surface area contributed by atoms with E-state index in [1.165, 1.54) is 37.1 Å². The summed E-state index contributed by atoms with van der Waals surface area (Å²) in [7, 11) is 0. The number of fused-ring (bicyclic) bond motifs is 1. The molecule has 1 amide bonds. The predicted molar refractivity (Wildman–Crippen MR) is 107 cm³/mol. The standard InChI is InChI=1S/C23H24F2N2O/c24-17-7-5-16(6-8-17)23-19(20-15-18(25)9-11-21(20)26-23)10-12-22(28)27-13-3-1-2-4-14-27/h5-9,11,15,26H,1-4,10,12-14H2. The van der Waals surface area contributed by atoms with Crippen molar-refractivity contribution in [1.82, 2.24) is 9.88 Å². The lowest BCUT2D eigenvalue weighted by Crippen LogP contribution is -2.31. The lowest BCUT2D eigenvalue weighted by Gasteiger charge is -2.20. The lowest BCUT2D eigenvalue weighted by atomic mass is 10.0. The van der Waals surface area contributed by atoms with E-state index < -0.39 is 0 Å². The lowest BCUT2D eigenvalue weighted by molar-refractivity contribution is -0.131. The second-order valence-electron chi connectivity index (χ2n) is 7.47. The van der Waals surface area contributed by atoms with Crippen LogP contribution in [-0.2, 0) is 11.2 Å². The molecule has 0 unspecified atom stereocenters. The first-order chi connectivity index (χ1) is 13.6. The van der Waals surface area contributed by atoms with Crippen LogP contribution in [0.5, 0.6) is 0 Å². The summed E-state index contributed by atoms with van der Waals surface area (Å²) in [5.41, 5.74) is 3.38. The number of aromatic amines is 1. The molecular formula is C23H24F2N2O. The number of amides is 1. The van der Waals surface area contributed by atoms with E-state index >= 15 is 0 Å². The van der Waals surface area contributed by atoms with Gasteiger partial charge in [0.25, 0.3) is 0 Å². The van der Waals surface area contributed by atoms with Crippen molar-refractivity contribution in [2.75, 3.05) is 13.1 Å².